The van der Waals surface area contributed by atoms with Crippen molar-refractivity contribution in [3.8, 4) is 5.75 Å². The van der Waals surface area contributed by atoms with Crippen LogP contribution in [0.1, 0.15) is 21.6 Å². The van der Waals surface area contributed by atoms with Gasteiger partial charge in [0.1, 0.15) is 0 Å². The van der Waals surface area contributed by atoms with Crippen molar-refractivity contribution in [3.63, 3.8) is 0 Å². The molecule has 1 heterocycles. The van der Waals surface area contributed by atoms with Crippen LogP contribution >= 0.6 is 0 Å². The number of hydrogen-bond donors (Lipinski definition) is 1. The van der Waals surface area contributed by atoms with Crippen LogP contribution in [-0.4, -0.2) is 25.6 Å². The highest BCUT2D eigenvalue weighted by molar-refractivity contribution is 6.07. The lowest BCUT2D eigenvalue weighted by Crippen LogP contribution is -1.94. The Balaban J connectivity index is 2.21. The zero-order valence-corrected chi connectivity index (χ0v) is 11.5. The largest absolute Gasteiger partial charge is 0.502 e. The number of aromatic nitrogens is 2. The van der Waals surface area contributed by atoms with Crippen molar-refractivity contribution in [3.05, 3.63) is 57.4 Å². The van der Waals surface area contributed by atoms with Crippen molar-refractivity contribution in [1.82, 2.24) is 9.78 Å². The number of rotatable bonds is 4. The van der Waals surface area contributed by atoms with Gasteiger partial charge in [-0.3, -0.25) is 19.6 Å². The summed E-state index contributed by atoms with van der Waals surface area (Å²) in [5.41, 5.74) is 1.23. The topological polar surface area (TPSA) is 98.3 Å². The highest BCUT2D eigenvalue weighted by atomic mass is 16.6. The fourth-order valence-corrected chi connectivity index (χ4v) is 1.90. The molecule has 108 valence electrons. The van der Waals surface area contributed by atoms with Crippen LogP contribution in [0.3, 0.4) is 0 Å². The first-order valence-electron chi connectivity index (χ1n) is 6.08. The average Bonchev–Trinajstić information content (AvgIpc) is 2.74. The summed E-state index contributed by atoms with van der Waals surface area (Å²) in [6, 6.07) is 3.88. The highest BCUT2D eigenvalue weighted by Crippen LogP contribution is 2.26. The summed E-state index contributed by atoms with van der Waals surface area (Å²) in [6.45, 7) is 1.73. The van der Waals surface area contributed by atoms with Crippen LogP contribution in [0.2, 0.25) is 0 Å². The van der Waals surface area contributed by atoms with Crippen LogP contribution in [0.5, 0.6) is 5.75 Å². The molecule has 0 saturated carbocycles. The van der Waals surface area contributed by atoms with Gasteiger partial charge in [-0.05, 0) is 30.7 Å². The molecular weight excluding hydrogens is 274 g/mol. The number of nitrogens with zero attached hydrogens (tertiary/aromatic N) is 3. The average molecular weight is 287 g/mol. The van der Waals surface area contributed by atoms with Crippen LogP contribution < -0.4 is 0 Å². The van der Waals surface area contributed by atoms with Gasteiger partial charge in [0.2, 0.25) is 0 Å². The Kier molecular flexibility index (Phi) is 3.84. The molecule has 0 fully saturated rings. The van der Waals surface area contributed by atoms with E-state index in [2.05, 4.69) is 5.10 Å². The molecule has 0 saturated heterocycles. The summed E-state index contributed by atoms with van der Waals surface area (Å²) in [5, 5.41) is 24.2. The monoisotopic (exact) mass is 287 g/mol. The molecule has 0 radical (unpaired) electrons. The Morgan fingerprint density at radius 1 is 1.48 bits per heavy atom. The number of nitro groups is 1. The highest BCUT2D eigenvalue weighted by Gasteiger charge is 2.13. The quantitative estimate of drug-likeness (QED) is 0.402. The van der Waals surface area contributed by atoms with Gasteiger partial charge in [-0.1, -0.05) is 6.08 Å². The number of benzene rings is 1. The predicted molar refractivity (Wildman–Crippen MR) is 76.1 cm³/mol. The minimum Gasteiger partial charge on any atom is -0.502 e. The van der Waals surface area contributed by atoms with Gasteiger partial charge < -0.3 is 5.11 Å². The summed E-state index contributed by atoms with van der Waals surface area (Å²) >= 11 is 0. The third-order valence-corrected chi connectivity index (χ3v) is 2.90. The third kappa shape index (κ3) is 3.14. The third-order valence-electron chi connectivity index (χ3n) is 2.90. The van der Waals surface area contributed by atoms with Crippen molar-refractivity contribution >= 4 is 17.5 Å². The van der Waals surface area contributed by atoms with E-state index in [0.29, 0.717) is 16.8 Å². The molecule has 1 aromatic heterocycles. The van der Waals surface area contributed by atoms with E-state index < -0.39 is 10.7 Å². The molecule has 7 heteroatoms. The number of aromatic hydroxyl groups is 1. The lowest BCUT2D eigenvalue weighted by molar-refractivity contribution is -0.385. The fourth-order valence-electron chi connectivity index (χ4n) is 1.90. The Hall–Kier alpha value is -2.96. The van der Waals surface area contributed by atoms with Crippen LogP contribution in [-0.2, 0) is 7.05 Å². The van der Waals surface area contributed by atoms with Crippen LogP contribution in [0, 0.1) is 17.0 Å². The van der Waals surface area contributed by atoms with Gasteiger partial charge in [0.05, 0.1) is 16.2 Å². The summed E-state index contributed by atoms with van der Waals surface area (Å²) in [7, 11) is 1.72. The molecule has 0 aliphatic carbocycles. The maximum Gasteiger partial charge on any atom is 0.310 e. The van der Waals surface area contributed by atoms with E-state index in [1.165, 1.54) is 30.4 Å². The van der Waals surface area contributed by atoms with Gasteiger partial charge in [-0.15, -0.1) is 0 Å². The van der Waals surface area contributed by atoms with Crippen molar-refractivity contribution in [2.24, 2.45) is 7.05 Å². The van der Waals surface area contributed by atoms with Crippen LogP contribution in [0.4, 0.5) is 5.69 Å². The summed E-state index contributed by atoms with van der Waals surface area (Å²) in [4.78, 5) is 21.9. The second-order valence-electron chi connectivity index (χ2n) is 4.50. The van der Waals surface area contributed by atoms with Gasteiger partial charge in [0, 0.05) is 19.3 Å². The Bertz CT molecular complexity index is 747. The smallest absolute Gasteiger partial charge is 0.310 e. The van der Waals surface area contributed by atoms with Crippen molar-refractivity contribution in [2.75, 3.05) is 0 Å². The van der Waals surface area contributed by atoms with Crippen LogP contribution in [0.15, 0.2) is 30.5 Å². The molecule has 1 aromatic carbocycles. The summed E-state index contributed by atoms with van der Waals surface area (Å²) < 4.78 is 1.55. The standard InChI is InChI=1S/C14H13N3O4/c1-9-11(8-16(2)15-9)13(18)6-4-10-3-5-12(17(20)21)14(19)7-10/h3-8,19H,1-2H3. The normalized spacial score (nSPS) is 11.0. The number of carbonyl (C=O) groups is 1. The van der Waals surface area contributed by atoms with Gasteiger partial charge in [-0.2, -0.15) is 5.10 Å². The lowest BCUT2D eigenvalue weighted by atomic mass is 10.1. The van der Waals surface area contributed by atoms with E-state index in [4.69, 9.17) is 0 Å². The SMILES string of the molecule is Cc1nn(C)cc1C(=O)C=Cc1ccc([N+](=O)[O-])c(O)c1. The predicted octanol–water partition coefficient (Wildman–Crippen LogP) is 2.24. The molecule has 0 spiro atoms. The Labute approximate surface area is 120 Å². The van der Waals surface area contributed by atoms with Gasteiger partial charge >= 0.3 is 5.69 Å². The summed E-state index contributed by atoms with van der Waals surface area (Å²) in [5.74, 6) is -0.661. The molecule has 2 aromatic rings. The molecule has 7 nitrogen and oxygen atoms in total. The minimum absolute atomic E-state index is 0.224. The molecule has 0 aliphatic heterocycles. The van der Waals surface area contributed by atoms with Gasteiger partial charge in [-0.25, -0.2) is 0 Å². The number of allylic oxidation sites excluding steroid dienone is 1. The zero-order valence-electron chi connectivity index (χ0n) is 11.5. The Morgan fingerprint density at radius 2 is 2.19 bits per heavy atom. The van der Waals surface area contributed by atoms with E-state index in [9.17, 15) is 20.0 Å². The molecule has 0 bridgehead atoms. The molecule has 0 aliphatic rings. The first-order valence-corrected chi connectivity index (χ1v) is 6.08. The van der Waals surface area contributed by atoms with E-state index >= 15 is 0 Å². The molecule has 0 atom stereocenters. The van der Waals surface area contributed by atoms with E-state index in [0.717, 1.165) is 0 Å². The number of aryl methyl sites for hydroxylation is 2. The van der Waals surface area contributed by atoms with Crippen LogP contribution in [0.25, 0.3) is 6.08 Å². The molecule has 21 heavy (non-hydrogen) atoms. The van der Waals surface area contributed by atoms with Crippen molar-refractivity contribution in [2.45, 2.75) is 6.92 Å². The molecule has 0 unspecified atom stereocenters. The van der Waals surface area contributed by atoms with Crippen molar-refractivity contribution in [1.29, 1.82) is 0 Å². The van der Waals surface area contributed by atoms with E-state index in [1.807, 2.05) is 0 Å². The second kappa shape index (κ2) is 5.58. The molecule has 0 amide bonds. The van der Waals surface area contributed by atoms with E-state index in [1.54, 1.807) is 24.9 Å². The molecule has 2 rings (SSSR count). The first kappa shape index (κ1) is 14.4. The minimum atomic E-state index is -0.674. The zero-order chi connectivity index (χ0) is 15.6. The van der Waals surface area contributed by atoms with E-state index in [-0.39, 0.29) is 11.5 Å². The lowest BCUT2D eigenvalue weighted by Gasteiger charge is -1.97. The number of nitro benzene ring substituents is 1. The summed E-state index contributed by atoms with van der Waals surface area (Å²) in [6.07, 6.45) is 4.44. The number of ketones is 1. The number of carbonyl (C=O) groups excluding carboxylic acids is 1. The maximum absolute atomic E-state index is 12.0. The second-order valence-corrected chi connectivity index (χ2v) is 4.50. The number of phenols is 1. The number of phenolic OH excluding ortho intramolecular Hbond substituents is 1. The molecule has 1 N–H and O–H groups in total. The van der Waals surface area contributed by atoms with Crippen molar-refractivity contribution < 1.29 is 14.8 Å². The first-order chi connectivity index (χ1) is 9.88. The fraction of sp³-hybridized carbons (Fsp3) is 0.143. The van der Waals surface area contributed by atoms with Gasteiger partial charge in [0.15, 0.2) is 11.5 Å². The number of hydrogen-bond acceptors (Lipinski definition) is 5. The van der Waals surface area contributed by atoms with Gasteiger partial charge in [0.25, 0.3) is 0 Å². The Morgan fingerprint density at radius 3 is 2.71 bits per heavy atom. The maximum atomic E-state index is 12.0. The molecular formula is C14H13N3O4.